The first kappa shape index (κ1) is 19.1. The zero-order valence-corrected chi connectivity index (χ0v) is 16.5. The molecule has 0 radical (unpaired) electrons. The number of nitrogens with zero attached hydrogens (tertiary/aromatic N) is 3. The summed E-state index contributed by atoms with van der Waals surface area (Å²) >= 11 is 5.91. The molecule has 0 unspecified atom stereocenters. The Balaban J connectivity index is 1.40. The number of aryl methyl sites for hydroxylation is 1. The summed E-state index contributed by atoms with van der Waals surface area (Å²) in [6.45, 7) is 2.39. The van der Waals surface area contributed by atoms with Crippen LogP contribution in [0.4, 0.5) is 11.7 Å². The highest BCUT2D eigenvalue weighted by atomic mass is 35.5. The van der Waals surface area contributed by atoms with Crippen LogP contribution in [-0.4, -0.2) is 28.6 Å². The van der Waals surface area contributed by atoms with E-state index in [-0.39, 0.29) is 36.6 Å². The third-order valence-electron chi connectivity index (χ3n) is 4.91. The van der Waals surface area contributed by atoms with Gasteiger partial charge >= 0.3 is 6.01 Å². The van der Waals surface area contributed by atoms with Gasteiger partial charge in [0, 0.05) is 23.7 Å². The molecule has 7 nitrogen and oxygen atoms in total. The largest absolute Gasteiger partial charge is 0.407 e. The Morgan fingerprint density at radius 2 is 1.97 bits per heavy atom. The number of aromatic nitrogens is 2. The average molecular weight is 411 g/mol. The monoisotopic (exact) mass is 410 g/mol. The first-order valence-corrected chi connectivity index (χ1v) is 9.61. The Bertz CT molecular complexity index is 1050. The Kier molecular flexibility index (Phi) is 5.31. The number of hydrogen-bond acceptors (Lipinski definition) is 5. The van der Waals surface area contributed by atoms with Crippen molar-refractivity contribution in [2.75, 3.05) is 16.8 Å². The van der Waals surface area contributed by atoms with Gasteiger partial charge in [0.05, 0.1) is 12.3 Å². The molecular weight excluding hydrogens is 392 g/mol. The van der Waals surface area contributed by atoms with Gasteiger partial charge in [-0.3, -0.25) is 14.9 Å². The molecule has 3 aromatic rings. The SMILES string of the molecule is Cc1ccccc1CC(=O)Nc1nnc([C@@H]2CC(=O)N(c3ccc(Cl)cc3)C2)o1. The van der Waals surface area contributed by atoms with Gasteiger partial charge in [0.25, 0.3) is 0 Å². The van der Waals surface area contributed by atoms with E-state index >= 15 is 0 Å². The zero-order valence-electron chi connectivity index (χ0n) is 15.8. The highest BCUT2D eigenvalue weighted by Gasteiger charge is 2.35. The van der Waals surface area contributed by atoms with Crippen LogP contribution in [0, 0.1) is 6.92 Å². The van der Waals surface area contributed by atoms with Gasteiger partial charge in [0.15, 0.2) is 0 Å². The molecule has 148 valence electrons. The van der Waals surface area contributed by atoms with Crippen LogP contribution in [0.5, 0.6) is 0 Å². The Morgan fingerprint density at radius 1 is 1.21 bits per heavy atom. The van der Waals surface area contributed by atoms with Gasteiger partial charge in [-0.25, -0.2) is 0 Å². The average Bonchev–Trinajstić information content (AvgIpc) is 3.31. The standard InChI is InChI=1S/C21H19ClN4O3/c1-13-4-2-3-5-14(13)10-18(27)23-21-25-24-20(29-21)15-11-19(28)26(12-15)17-8-6-16(22)7-9-17/h2-9,15H,10-12H2,1H3,(H,23,25,27)/t15-/m1/s1. The number of anilines is 2. The lowest BCUT2D eigenvalue weighted by atomic mass is 10.1. The Labute approximate surface area is 172 Å². The summed E-state index contributed by atoms with van der Waals surface area (Å²) in [5, 5.41) is 11.2. The van der Waals surface area contributed by atoms with E-state index in [0.29, 0.717) is 17.5 Å². The number of amides is 2. The molecule has 29 heavy (non-hydrogen) atoms. The fourth-order valence-corrected chi connectivity index (χ4v) is 3.46. The van der Waals surface area contributed by atoms with Gasteiger partial charge in [-0.1, -0.05) is 41.0 Å². The van der Waals surface area contributed by atoms with E-state index < -0.39 is 0 Å². The quantitative estimate of drug-likeness (QED) is 0.692. The predicted molar refractivity (Wildman–Crippen MR) is 109 cm³/mol. The van der Waals surface area contributed by atoms with E-state index in [1.807, 2.05) is 31.2 Å². The molecule has 0 saturated carbocycles. The van der Waals surface area contributed by atoms with E-state index in [9.17, 15) is 9.59 Å². The summed E-state index contributed by atoms with van der Waals surface area (Å²) in [7, 11) is 0. The summed E-state index contributed by atoms with van der Waals surface area (Å²) in [6.07, 6.45) is 0.484. The Hall–Kier alpha value is -3.19. The summed E-state index contributed by atoms with van der Waals surface area (Å²) in [5.74, 6) is -0.158. The van der Waals surface area contributed by atoms with Crippen molar-refractivity contribution in [3.8, 4) is 0 Å². The maximum Gasteiger partial charge on any atom is 0.322 e. The highest BCUT2D eigenvalue weighted by Crippen LogP contribution is 2.32. The van der Waals surface area contributed by atoms with Crippen LogP contribution in [0.25, 0.3) is 0 Å². The van der Waals surface area contributed by atoms with Crippen molar-refractivity contribution >= 4 is 35.1 Å². The van der Waals surface area contributed by atoms with E-state index in [1.54, 1.807) is 29.2 Å². The number of carbonyl (C=O) groups excluding carboxylic acids is 2. The number of nitrogens with one attached hydrogen (secondary N) is 1. The topological polar surface area (TPSA) is 88.3 Å². The second-order valence-electron chi connectivity index (χ2n) is 6.98. The minimum atomic E-state index is -0.236. The molecule has 0 spiro atoms. The number of rotatable bonds is 5. The first-order valence-electron chi connectivity index (χ1n) is 9.23. The molecule has 1 atom stereocenters. The molecule has 2 amide bonds. The number of carbonyl (C=O) groups is 2. The summed E-state index contributed by atoms with van der Waals surface area (Å²) in [6, 6.07) is 14.8. The summed E-state index contributed by atoms with van der Waals surface area (Å²) in [4.78, 5) is 26.3. The van der Waals surface area contributed by atoms with Gasteiger partial charge in [0.1, 0.15) is 0 Å². The highest BCUT2D eigenvalue weighted by molar-refractivity contribution is 6.30. The fourth-order valence-electron chi connectivity index (χ4n) is 3.34. The van der Waals surface area contributed by atoms with Gasteiger partial charge in [-0.2, -0.15) is 0 Å². The number of benzene rings is 2. The first-order chi connectivity index (χ1) is 14.0. The maximum atomic E-state index is 12.4. The molecule has 2 aromatic carbocycles. The van der Waals surface area contributed by atoms with Crippen LogP contribution in [0.1, 0.15) is 29.4 Å². The van der Waals surface area contributed by atoms with Crippen molar-refractivity contribution in [1.29, 1.82) is 0 Å². The van der Waals surface area contributed by atoms with Crippen molar-refractivity contribution < 1.29 is 14.0 Å². The zero-order chi connectivity index (χ0) is 20.4. The summed E-state index contributed by atoms with van der Waals surface area (Å²) in [5.41, 5.74) is 2.75. The number of halogens is 1. The third-order valence-corrected chi connectivity index (χ3v) is 5.16. The van der Waals surface area contributed by atoms with Gasteiger partial charge < -0.3 is 9.32 Å². The molecule has 4 rings (SSSR count). The van der Waals surface area contributed by atoms with Gasteiger partial charge in [0.2, 0.25) is 17.7 Å². The molecule has 2 heterocycles. The lowest BCUT2D eigenvalue weighted by Crippen LogP contribution is -2.24. The summed E-state index contributed by atoms with van der Waals surface area (Å²) < 4.78 is 5.60. The molecule has 1 aliphatic rings. The van der Waals surface area contributed by atoms with Crippen molar-refractivity contribution in [3.63, 3.8) is 0 Å². The molecule has 0 bridgehead atoms. The van der Waals surface area contributed by atoms with Crippen molar-refractivity contribution in [3.05, 3.63) is 70.6 Å². The second-order valence-corrected chi connectivity index (χ2v) is 7.42. The molecule has 1 saturated heterocycles. The molecule has 1 N–H and O–H groups in total. The predicted octanol–water partition coefficient (Wildman–Crippen LogP) is 3.73. The minimum Gasteiger partial charge on any atom is -0.407 e. The van der Waals surface area contributed by atoms with Crippen LogP contribution in [0.15, 0.2) is 52.9 Å². The van der Waals surface area contributed by atoms with E-state index in [4.69, 9.17) is 16.0 Å². The van der Waals surface area contributed by atoms with E-state index in [1.165, 1.54) is 0 Å². The molecule has 1 fully saturated rings. The third kappa shape index (κ3) is 4.30. The normalized spacial score (nSPS) is 16.3. The van der Waals surface area contributed by atoms with Crippen molar-refractivity contribution in [1.82, 2.24) is 10.2 Å². The van der Waals surface area contributed by atoms with Crippen molar-refractivity contribution in [2.45, 2.75) is 25.7 Å². The van der Waals surface area contributed by atoms with Crippen LogP contribution in [0.3, 0.4) is 0 Å². The van der Waals surface area contributed by atoms with Gasteiger partial charge in [-0.05, 0) is 42.3 Å². The lowest BCUT2D eigenvalue weighted by molar-refractivity contribution is -0.117. The van der Waals surface area contributed by atoms with Crippen LogP contribution in [0.2, 0.25) is 5.02 Å². The molecule has 0 aliphatic carbocycles. The minimum absolute atomic E-state index is 0.0272. The molecular formula is C21H19ClN4O3. The van der Waals surface area contributed by atoms with Gasteiger partial charge in [-0.15, -0.1) is 5.10 Å². The van der Waals surface area contributed by atoms with Crippen LogP contribution < -0.4 is 10.2 Å². The van der Waals surface area contributed by atoms with E-state index in [0.717, 1.165) is 16.8 Å². The molecule has 8 heteroatoms. The smallest absolute Gasteiger partial charge is 0.322 e. The van der Waals surface area contributed by atoms with E-state index in [2.05, 4.69) is 15.5 Å². The maximum absolute atomic E-state index is 12.4. The second kappa shape index (κ2) is 8.05. The Morgan fingerprint density at radius 3 is 2.72 bits per heavy atom. The lowest BCUT2D eigenvalue weighted by Gasteiger charge is -2.16. The van der Waals surface area contributed by atoms with Crippen LogP contribution in [-0.2, 0) is 16.0 Å². The number of hydrogen-bond donors (Lipinski definition) is 1. The fraction of sp³-hybridized carbons (Fsp3) is 0.238. The van der Waals surface area contributed by atoms with Crippen molar-refractivity contribution in [2.24, 2.45) is 0 Å². The molecule has 1 aliphatic heterocycles. The van der Waals surface area contributed by atoms with Crippen LogP contribution >= 0.6 is 11.6 Å². The molecule has 1 aromatic heterocycles.